The second-order valence-electron chi connectivity index (χ2n) is 4.09. The smallest absolute Gasteiger partial charge is 0.133 e. The van der Waals surface area contributed by atoms with E-state index in [2.05, 4.69) is 15.9 Å². The van der Waals surface area contributed by atoms with Crippen molar-refractivity contribution in [3.63, 3.8) is 0 Å². The van der Waals surface area contributed by atoms with Gasteiger partial charge in [0.1, 0.15) is 17.7 Å². The van der Waals surface area contributed by atoms with Gasteiger partial charge in [-0.3, -0.25) is 0 Å². The summed E-state index contributed by atoms with van der Waals surface area (Å²) in [5.41, 5.74) is 0.537. The zero-order valence-corrected chi connectivity index (χ0v) is 12.2. The average Bonchev–Trinajstić information content (AvgIpc) is 2.56. The molecule has 1 atom stereocenters. The van der Waals surface area contributed by atoms with E-state index in [4.69, 9.17) is 0 Å². The number of hydrogen-bond donors (Lipinski definition) is 1. The van der Waals surface area contributed by atoms with Crippen molar-refractivity contribution in [2.75, 3.05) is 0 Å². The van der Waals surface area contributed by atoms with Crippen molar-refractivity contribution < 1.29 is 13.9 Å². The Kier molecular flexibility index (Phi) is 3.84. The quantitative estimate of drug-likeness (QED) is 0.859. The van der Waals surface area contributed by atoms with E-state index in [1.165, 1.54) is 11.3 Å². The van der Waals surface area contributed by atoms with Gasteiger partial charge >= 0.3 is 0 Å². The fourth-order valence-corrected chi connectivity index (χ4v) is 3.31. The van der Waals surface area contributed by atoms with E-state index in [1.807, 2.05) is 19.9 Å². The van der Waals surface area contributed by atoms with E-state index < -0.39 is 17.7 Å². The molecule has 0 fully saturated rings. The fraction of sp³-hybridized carbons (Fsp3) is 0.231. The molecule has 18 heavy (non-hydrogen) atoms. The van der Waals surface area contributed by atoms with E-state index >= 15 is 0 Å². The molecule has 2 rings (SSSR count). The first kappa shape index (κ1) is 13.6. The summed E-state index contributed by atoms with van der Waals surface area (Å²) >= 11 is 4.36. The topological polar surface area (TPSA) is 20.2 Å². The molecule has 0 aliphatic carbocycles. The van der Waals surface area contributed by atoms with Crippen molar-refractivity contribution in [2.24, 2.45) is 0 Å². The van der Waals surface area contributed by atoms with Crippen molar-refractivity contribution in [1.82, 2.24) is 0 Å². The van der Waals surface area contributed by atoms with Crippen LogP contribution in [0, 0.1) is 25.5 Å². The zero-order chi connectivity index (χ0) is 13.4. The van der Waals surface area contributed by atoms with Crippen molar-refractivity contribution in [3.8, 4) is 0 Å². The third-order valence-electron chi connectivity index (χ3n) is 2.64. The molecule has 1 N–H and O–H groups in total. The van der Waals surface area contributed by atoms with Gasteiger partial charge < -0.3 is 5.11 Å². The lowest BCUT2D eigenvalue weighted by molar-refractivity contribution is 0.212. The van der Waals surface area contributed by atoms with Crippen molar-refractivity contribution in [3.05, 3.63) is 55.2 Å². The minimum Gasteiger partial charge on any atom is -0.383 e. The number of rotatable bonds is 2. The zero-order valence-electron chi connectivity index (χ0n) is 9.80. The largest absolute Gasteiger partial charge is 0.383 e. The second-order valence-corrected chi connectivity index (χ2v) is 6.29. The maximum absolute atomic E-state index is 13.8. The number of aryl methyl sites for hydroxylation is 2. The molecule has 0 bridgehead atoms. The van der Waals surface area contributed by atoms with Gasteiger partial charge in [-0.1, -0.05) is 15.9 Å². The van der Waals surface area contributed by atoms with Crippen LogP contribution in [0.15, 0.2) is 22.7 Å². The highest BCUT2D eigenvalue weighted by molar-refractivity contribution is 9.10. The van der Waals surface area contributed by atoms with Crippen LogP contribution in [0.5, 0.6) is 0 Å². The maximum atomic E-state index is 13.8. The summed E-state index contributed by atoms with van der Waals surface area (Å²) < 4.78 is 27.8. The third-order valence-corrected chi connectivity index (χ3v) is 4.31. The lowest BCUT2D eigenvalue weighted by Gasteiger charge is -2.13. The summed E-state index contributed by atoms with van der Waals surface area (Å²) in [6.07, 6.45) is -1.27. The van der Waals surface area contributed by atoms with Gasteiger partial charge in [0, 0.05) is 14.2 Å². The van der Waals surface area contributed by atoms with Gasteiger partial charge in [-0.15, -0.1) is 11.3 Å². The van der Waals surface area contributed by atoms with Crippen molar-refractivity contribution in [1.29, 1.82) is 0 Å². The molecule has 5 heteroatoms. The highest BCUT2D eigenvalue weighted by Gasteiger charge is 2.23. The number of benzene rings is 1. The minimum atomic E-state index is -1.27. The summed E-state index contributed by atoms with van der Waals surface area (Å²) in [5.74, 6) is -1.50. The highest BCUT2D eigenvalue weighted by atomic mass is 79.9. The Labute approximate surface area is 116 Å². The number of halogens is 3. The van der Waals surface area contributed by atoms with E-state index in [9.17, 15) is 13.9 Å². The van der Waals surface area contributed by atoms with Gasteiger partial charge in [0.15, 0.2) is 0 Å². The van der Waals surface area contributed by atoms with Gasteiger partial charge in [0.05, 0.1) is 5.56 Å². The molecule has 0 aliphatic rings. The molecule has 0 aliphatic heterocycles. The molecule has 0 saturated heterocycles. The van der Waals surface area contributed by atoms with Crippen LogP contribution in [0.4, 0.5) is 8.78 Å². The Balaban J connectivity index is 2.52. The van der Waals surface area contributed by atoms with Gasteiger partial charge in [0.2, 0.25) is 0 Å². The standard InChI is InChI=1S/C13H11BrF2OS/c1-6-3-7(2)18-13(6)12(17)11-9(15)4-8(14)5-10(11)16/h3-5,12,17H,1-2H3. The Hall–Kier alpha value is -0.780. The van der Waals surface area contributed by atoms with Crippen LogP contribution in [0.3, 0.4) is 0 Å². The minimum absolute atomic E-state index is 0.303. The number of thiophene rings is 1. The monoisotopic (exact) mass is 332 g/mol. The molecule has 1 nitrogen and oxygen atoms in total. The van der Waals surface area contributed by atoms with Gasteiger partial charge in [0.25, 0.3) is 0 Å². The first-order valence-corrected chi connectivity index (χ1v) is 6.90. The highest BCUT2D eigenvalue weighted by Crippen LogP contribution is 2.35. The summed E-state index contributed by atoms with van der Waals surface area (Å²) in [6.45, 7) is 3.71. The van der Waals surface area contributed by atoms with Gasteiger partial charge in [-0.25, -0.2) is 8.78 Å². The Morgan fingerprint density at radius 3 is 2.17 bits per heavy atom. The van der Waals surface area contributed by atoms with Gasteiger partial charge in [-0.2, -0.15) is 0 Å². The van der Waals surface area contributed by atoms with Crippen LogP contribution >= 0.6 is 27.3 Å². The van der Waals surface area contributed by atoms with Gasteiger partial charge in [-0.05, 0) is 37.6 Å². The lowest BCUT2D eigenvalue weighted by Crippen LogP contribution is -2.05. The Morgan fingerprint density at radius 2 is 1.72 bits per heavy atom. The molecule has 1 unspecified atom stereocenters. The van der Waals surface area contributed by atoms with Crippen LogP contribution in [0.2, 0.25) is 0 Å². The predicted octanol–water partition coefficient (Wildman–Crippen LogP) is 4.49. The van der Waals surface area contributed by atoms with Crippen LogP contribution in [-0.2, 0) is 0 Å². The van der Waals surface area contributed by atoms with Crippen molar-refractivity contribution in [2.45, 2.75) is 20.0 Å². The normalized spacial score (nSPS) is 12.8. The number of aliphatic hydroxyl groups excluding tert-OH is 1. The SMILES string of the molecule is Cc1cc(C)c(C(O)c2c(F)cc(Br)cc2F)s1. The summed E-state index contributed by atoms with van der Waals surface area (Å²) in [7, 11) is 0. The maximum Gasteiger partial charge on any atom is 0.133 e. The fourth-order valence-electron chi connectivity index (χ4n) is 1.88. The molecular weight excluding hydrogens is 322 g/mol. The molecule has 0 saturated carbocycles. The second kappa shape index (κ2) is 5.07. The molecular formula is C13H11BrF2OS. The Bertz CT molecular complexity index is 572. The first-order valence-electron chi connectivity index (χ1n) is 5.29. The van der Waals surface area contributed by atoms with Crippen molar-refractivity contribution >= 4 is 27.3 Å². The number of hydrogen-bond acceptors (Lipinski definition) is 2. The van der Waals surface area contributed by atoms with E-state index in [0.29, 0.717) is 9.35 Å². The molecule has 1 aromatic heterocycles. The van der Waals surface area contributed by atoms with Crippen LogP contribution < -0.4 is 0 Å². The lowest BCUT2D eigenvalue weighted by atomic mass is 10.0. The number of aliphatic hydroxyl groups is 1. The Morgan fingerprint density at radius 1 is 1.17 bits per heavy atom. The average molecular weight is 333 g/mol. The molecule has 0 spiro atoms. The van der Waals surface area contributed by atoms with Crippen LogP contribution in [0.25, 0.3) is 0 Å². The van der Waals surface area contributed by atoms with Crippen LogP contribution in [-0.4, -0.2) is 5.11 Å². The molecule has 1 aromatic carbocycles. The third kappa shape index (κ3) is 2.48. The van der Waals surface area contributed by atoms with E-state index in [0.717, 1.165) is 22.6 Å². The molecule has 2 aromatic rings. The van der Waals surface area contributed by atoms with E-state index in [-0.39, 0.29) is 5.56 Å². The van der Waals surface area contributed by atoms with E-state index in [1.54, 1.807) is 0 Å². The molecule has 0 radical (unpaired) electrons. The first-order chi connectivity index (χ1) is 8.40. The van der Waals surface area contributed by atoms with Crippen LogP contribution in [0.1, 0.15) is 27.0 Å². The molecule has 96 valence electrons. The predicted molar refractivity (Wildman–Crippen MR) is 71.9 cm³/mol. The summed E-state index contributed by atoms with van der Waals surface area (Å²) in [5, 5.41) is 10.2. The molecule has 1 heterocycles. The molecule has 0 amide bonds. The summed E-state index contributed by atoms with van der Waals surface area (Å²) in [6, 6.07) is 4.19. The summed E-state index contributed by atoms with van der Waals surface area (Å²) in [4.78, 5) is 1.58.